The lowest BCUT2D eigenvalue weighted by molar-refractivity contribution is -0.385. The van der Waals surface area contributed by atoms with Gasteiger partial charge in [-0.1, -0.05) is 28.1 Å². The molecule has 1 aromatic heterocycles. The number of aromatic nitrogens is 2. The Balaban J connectivity index is 1.97. The molecule has 0 bridgehead atoms. The van der Waals surface area contributed by atoms with Crippen LogP contribution in [0.15, 0.2) is 41.1 Å². The monoisotopic (exact) mass is 308 g/mol. The van der Waals surface area contributed by atoms with E-state index in [1.807, 2.05) is 24.3 Å². The van der Waals surface area contributed by atoms with E-state index in [1.165, 1.54) is 12.4 Å². The third-order valence-electron chi connectivity index (χ3n) is 2.21. The van der Waals surface area contributed by atoms with Crippen LogP contribution >= 0.6 is 15.9 Å². The Morgan fingerprint density at radius 2 is 1.83 bits per heavy atom. The van der Waals surface area contributed by atoms with Crippen LogP contribution in [0, 0.1) is 10.1 Å². The van der Waals surface area contributed by atoms with Gasteiger partial charge < -0.3 is 5.32 Å². The van der Waals surface area contributed by atoms with Gasteiger partial charge >= 0.3 is 5.69 Å². The van der Waals surface area contributed by atoms with Crippen molar-refractivity contribution in [3.8, 4) is 0 Å². The summed E-state index contributed by atoms with van der Waals surface area (Å²) in [5, 5.41) is 13.4. The summed E-state index contributed by atoms with van der Waals surface area (Å²) >= 11 is 3.35. The standard InChI is InChI=1S/C11H9BrN4O2/c12-9-3-1-8(2-4-9)5-13-11-14-6-10(7-15-11)16(17)18/h1-4,6-7H,5H2,(H,13,14,15). The van der Waals surface area contributed by atoms with Gasteiger partial charge in [-0.25, -0.2) is 9.97 Å². The van der Waals surface area contributed by atoms with E-state index in [0.717, 1.165) is 10.0 Å². The first kappa shape index (κ1) is 12.4. The molecule has 1 aromatic carbocycles. The van der Waals surface area contributed by atoms with Crippen LogP contribution in [0.4, 0.5) is 11.6 Å². The van der Waals surface area contributed by atoms with Crippen molar-refractivity contribution in [2.45, 2.75) is 6.54 Å². The molecule has 1 N–H and O–H groups in total. The molecule has 0 radical (unpaired) electrons. The Morgan fingerprint density at radius 1 is 1.22 bits per heavy atom. The molecule has 6 nitrogen and oxygen atoms in total. The number of nitrogens with one attached hydrogen (secondary N) is 1. The fourth-order valence-corrected chi connectivity index (χ4v) is 1.55. The fraction of sp³-hybridized carbons (Fsp3) is 0.0909. The van der Waals surface area contributed by atoms with Crippen LogP contribution in [0.1, 0.15) is 5.56 Å². The van der Waals surface area contributed by atoms with E-state index in [-0.39, 0.29) is 5.69 Å². The van der Waals surface area contributed by atoms with E-state index >= 15 is 0 Å². The minimum Gasteiger partial charge on any atom is -0.350 e. The topological polar surface area (TPSA) is 81.0 Å². The van der Waals surface area contributed by atoms with E-state index in [1.54, 1.807) is 0 Å². The number of hydrogen-bond donors (Lipinski definition) is 1. The lowest BCUT2D eigenvalue weighted by Gasteiger charge is -2.04. The summed E-state index contributed by atoms with van der Waals surface area (Å²) in [4.78, 5) is 17.6. The van der Waals surface area contributed by atoms with Crippen molar-refractivity contribution in [2.24, 2.45) is 0 Å². The Morgan fingerprint density at radius 3 is 2.39 bits per heavy atom. The number of nitrogens with zero attached hydrogens (tertiary/aromatic N) is 3. The number of benzene rings is 1. The summed E-state index contributed by atoms with van der Waals surface area (Å²) in [5.74, 6) is 0.364. The van der Waals surface area contributed by atoms with Gasteiger partial charge in [0, 0.05) is 11.0 Å². The highest BCUT2D eigenvalue weighted by Crippen LogP contribution is 2.12. The fourth-order valence-electron chi connectivity index (χ4n) is 1.29. The SMILES string of the molecule is O=[N+]([O-])c1cnc(NCc2ccc(Br)cc2)nc1. The second-order valence-corrected chi connectivity index (χ2v) is 4.42. The van der Waals surface area contributed by atoms with Crippen LogP contribution in [0.2, 0.25) is 0 Å². The molecule has 0 aliphatic rings. The molecule has 0 saturated carbocycles. The van der Waals surface area contributed by atoms with E-state index in [4.69, 9.17) is 0 Å². The van der Waals surface area contributed by atoms with Gasteiger partial charge in [-0.05, 0) is 17.7 Å². The summed E-state index contributed by atoms with van der Waals surface area (Å²) in [6.07, 6.45) is 2.35. The number of hydrogen-bond acceptors (Lipinski definition) is 5. The first-order valence-corrected chi connectivity index (χ1v) is 5.89. The average Bonchev–Trinajstić information content (AvgIpc) is 2.38. The molecule has 1 heterocycles. The van der Waals surface area contributed by atoms with Crippen molar-refractivity contribution in [1.82, 2.24) is 9.97 Å². The van der Waals surface area contributed by atoms with Crippen molar-refractivity contribution in [3.63, 3.8) is 0 Å². The Labute approximate surface area is 111 Å². The van der Waals surface area contributed by atoms with Gasteiger partial charge in [0.2, 0.25) is 5.95 Å². The zero-order valence-electron chi connectivity index (χ0n) is 9.21. The maximum absolute atomic E-state index is 10.4. The third-order valence-corrected chi connectivity index (χ3v) is 2.74. The van der Waals surface area contributed by atoms with Crippen LogP contribution in [0.3, 0.4) is 0 Å². The normalized spacial score (nSPS) is 10.1. The van der Waals surface area contributed by atoms with Crippen molar-refractivity contribution in [3.05, 3.63) is 56.8 Å². The van der Waals surface area contributed by atoms with Gasteiger partial charge in [0.15, 0.2) is 0 Å². The number of halogens is 1. The van der Waals surface area contributed by atoms with Crippen LogP contribution in [0.25, 0.3) is 0 Å². The van der Waals surface area contributed by atoms with Crippen molar-refractivity contribution < 1.29 is 4.92 Å². The quantitative estimate of drug-likeness (QED) is 0.694. The summed E-state index contributed by atoms with van der Waals surface area (Å²) < 4.78 is 1.01. The highest BCUT2D eigenvalue weighted by molar-refractivity contribution is 9.10. The van der Waals surface area contributed by atoms with Gasteiger partial charge in [-0.3, -0.25) is 10.1 Å². The highest BCUT2D eigenvalue weighted by atomic mass is 79.9. The largest absolute Gasteiger partial charge is 0.350 e. The van der Waals surface area contributed by atoms with Crippen molar-refractivity contribution in [2.75, 3.05) is 5.32 Å². The van der Waals surface area contributed by atoms with E-state index in [9.17, 15) is 10.1 Å². The summed E-state index contributed by atoms with van der Waals surface area (Å²) in [7, 11) is 0. The molecule has 0 saturated heterocycles. The maximum atomic E-state index is 10.4. The Bertz CT molecular complexity index is 542. The lowest BCUT2D eigenvalue weighted by Crippen LogP contribution is -2.03. The minimum absolute atomic E-state index is 0.121. The van der Waals surface area contributed by atoms with E-state index in [2.05, 4.69) is 31.2 Å². The second-order valence-electron chi connectivity index (χ2n) is 3.50. The van der Waals surface area contributed by atoms with Crippen molar-refractivity contribution in [1.29, 1.82) is 0 Å². The molecular weight excluding hydrogens is 300 g/mol. The third kappa shape index (κ3) is 3.24. The molecule has 2 rings (SSSR count). The molecule has 0 atom stereocenters. The minimum atomic E-state index is -0.529. The van der Waals surface area contributed by atoms with Crippen molar-refractivity contribution >= 4 is 27.6 Å². The Hall–Kier alpha value is -2.02. The molecule has 0 amide bonds. The van der Waals surface area contributed by atoms with Crippen LogP contribution in [-0.4, -0.2) is 14.9 Å². The van der Waals surface area contributed by atoms with E-state index < -0.39 is 4.92 Å². The zero-order chi connectivity index (χ0) is 13.0. The molecule has 0 aliphatic heterocycles. The summed E-state index contributed by atoms with van der Waals surface area (Å²) in [5.41, 5.74) is 0.948. The van der Waals surface area contributed by atoms with Gasteiger partial charge in [0.05, 0.1) is 4.92 Å². The van der Waals surface area contributed by atoms with Crippen LogP contribution < -0.4 is 5.32 Å². The van der Waals surface area contributed by atoms with Gasteiger partial charge in [0.25, 0.3) is 0 Å². The molecule has 0 aliphatic carbocycles. The lowest BCUT2D eigenvalue weighted by atomic mass is 10.2. The maximum Gasteiger partial charge on any atom is 0.305 e. The smallest absolute Gasteiger partial charge is 0.305 e. The predicted molar refractivity (Wildman–Crippen MR) is 70.2 cm³/mol. The van der Waals surface area contributed by atoms with Crippen LogP contribution in [-0.2, 0) is 6.54 Å². The van der Waals surface area contributed by atoms with Gasteiger partial charge in [-0.15, -0.1) is 0 Å². The molecule has 7 heteroatoms. The molecule has 2 aromatic rings. The zero-order valence-corrected chi connectivity index (χ0v) is 10.8. The summed E-state index contributed by atoms with van der Waals surface area (Å²) in [6, 6.07) is 7.80. The first-order chi connectivity index (χ1) is 8.65. The van der Waals surface area contributed by atoms with E-state index in [0.29, 0.717) is 12.5 Å². The number of anilines is 1. The number of nitro groups is 1. The van der Waals surface area contributed by atoms with Gasteiger partial charge in [0.1, 0.15) is 12.4 Å². The molecule has 0 unspecified atom stereocenters. The Kier molecular flexibility index (Phi) is 3.83. The molecular formula is C11H9BrN4O2. The second kappa shape index (κ2) is 5.54. The number of rotatable bonds is 4. The molecule has 18 heavy (non-hydrogen) atoms. The summed E-state index contributed by atoms with van der Waals surface area (Å²) in [6.45, 7) is 0.561. The highest BCUT2D eigenvalue weighted by Gasteiger charge is 2.06. The van der Waals surface area contributed by atoms with Crippen LogP contribution in [0.5, 0.6) is 0 Å². The molecule has 0 spiro atoms. The predicted octanol–water partition coefficient (Wildman–Crippen LogP) is 2.76. The molecule has 92 valence electrons. The average molecular weight is 309 g/mol. The first-order valence-electron chi connectivity index (χ1n) is 5.10. The van der Waals surface area contributed by atoms with Gasteiger partial charge in [-0.2, -0.15) is 0 Å². The molecule has 0 fully saturated rings.